The van der Waals surface area contributed by atoms with Crippen molar-refractivity contribution in [2.45, 2.75) is 107 Å². The van der Waals surface area contributed by atoms with Crippen LogP contribution < -0.4 is 31.1 Å². The minimum atomic E-state index is -0.410. The molecule has 0 bridgehead atoms. The Morgan fingerprint density at radius 2 is 1.38 bits per heavy atom. The molecular weight excluding hydrogens is 861 g/mol. The molecule has 0 saturated heterocycles. The lowest BCUT2D eigenvalue weighted by atomic mass is 9.86. The fourth-order valence-electron chi connectivity index (χ4n) is 7.52. The van der Waals surface area contributed by atoms with Crippen LogP contribution >= 0.6 is 0 Å². The molecule has 7 rings (SSSR count). The molecule has 1 aliphatic rings. The Kier molecular flexibility index (Phi) is 21.5. The van der Waals surface area contributed by atoms with Gasteiger partial charge in [0.25, 0.3) is 6.47 Å². The largest absolute Gasteiger partial charge is 0.463 e. The molecule has 0 fully saturated rings. The van der Waals surface area contributed by atoms with Crippen LogP contribution in [0, 0.1) is 6.92 Å². The van der Waals surface area contributed by atoms with Crippen LogP contribution in [0.1, 0.15) is 110 Å². The highest BCUT2D eigenvalue weighted by Crippen LogP contribution is 2.42. The molecular formula is C57H78N8O4. The van der Waals surface area contributed by atoms with Gasteiger partial charge in [-0.1, -0.05) is 124 Å². The lowest BCUT2D eigenvalue weighted by molar-refractivity contribution is -0.129. The van der Waals surface area contributed by atoms with Gasteiger partial charge in [0.1, 0.15) is 18.6 Å². The Labute approximate surface area is 412 Å². The summed E-state index contributed by atoms with van der Waals surface area (Å²) in [5, 5.41) is 13.4. The normalized spacial score (nSPS) is 12.2. The number of aromatic amines is 1. The summed E-state index contributed by atoms with van der Waals surface area (Å²) in [5.74, 6) is 0.916. The molecule has 69 heavy (non-hydrogen) atoms. The smallest absolute Gasteiger partial charge is 0.411 e. The molecule has 5 aromatic carbocycles. The maximum Gasteiger partial charge on any atom is 0.411 e. The number of aryl methyl sites for hydroxylation is 1. The van der Waals surface area contributed by atoms with E-state index in [1.54, 1.807) is 0 Å². The molecule has 1 aliphatic heterocycles. The molecule has 0 spiro atoms. The molecule has 1 atom stereocenters. The van der Waals surface area contributed by atoms with Gasteiger partial charge in [-0.05, 0) is 101 Å². The zero-order valence-corrected chi connectivity index (χ0v) is 43.3. The number of carbonyl (C=O) groups is 2. The number of amides is 1. The SMILES string of the molecule is C=C(C)C.CCCCOC(=O)Nc1cc2c(cc1N(CC)CC)NC(c1ccc(C(C)(C)C)cc1)N2.CCN(CC)c1cc2nc(-c3ccc(C)cc3)[nH]c2cc1NC.O=COCc1ccccc1. The molecule has 1 unspecified atom stereocenters. The first-order valence-electron chi connectivity index (χ1n) is 24.3. The third-order valence-corrected chi connectivity index (χ3v) is 11.4. The summed E-state index contributed by atoms with van der Waals surface area (Å²) >= 11 is 0. The van der Waals surface area contributed by atoms with Gasteiger partial charge in [0.05, 0.1) is 51.8 Å². The number of hydrogen-bond acceptors (Lipinski definition) is 10. The zero-order valence-electron chi connectivity index (χ0n) is 43.3. The second-order valence-electron chi connectivity index (χ2n) is 18.2. The Morgan fingerprint density at radius 1 is 0.797 bits per heavy atom. The van der Waals surface area contributed by atoms with E-state index in [1.165, 1.54) is 28.0 Å². The van der Waals surface area contributed by atoms with E-state index in [1.807, 2.05) is 57.3 Å². The maximum absolute atomic E-state index is 12.3. The molecule has 5 N–H and O–H groups in total. The number of hydrogen-bond donors (Lipinski definition) is 5. The second-order valence-corrected chi connectivity index (χ2v) is 18.2. The first-order valence-corrected chi connectivity index (χ1v) is 24.3. The number of rotatable bonds is 16. The average Bonchev–Trinajstić information content (AvgIpc) is 3.96. The van der Waals surface area contributed by atoms with Crippen molar-refractivity contribution in [1.29, 1.82) is 0 Å². The number of nitrogens with zero attached hydrogens (tertiary/aromatic N) is 3. The number of benzene rings is 5. The topological polar surface area (TPSA) is 136 Å². The summed E-state index contributed by atoms with van der Waals surface area (Å²) in [6.45, 7) is 31.8. The van der Waals surface area contributed by atoms with Crippen molar-refractivity contribution in [2.75, 3.05) is 70.9 Å². The summed E-state index contributed by atoms with van der Waals surface area (Å²) in [4.78, 5) is 34.9. The molecule has 0 aliphatic carbocycles. The molecule has 0 radical (unpaired) electrons. The van der Waals surface area contributed by atoms with Crippen molar-refractivity contribution in [3.05, 3.63) is 138 Å². The van der Waals surface area contributed by atoms with Crippen molar-refractivity contribution in [3.8, 4) is 11.4 Å². The Hall–Kier alpha value is -6.95. The Bertz CT molecular complexity index is 2500. The van der Waals surface area contributed by atoms with E-state index in [9.17, 15) is 9.59 Å². The number of H-pyrrole nitrogens is 1. The molecule has 12 nitrogen and oxygen atoms in total. The summed E-state index contributed by atoms with van der Waals surface area (Å²) < 4.78 is 9.87. The number of nitrogens with one attached hydrogen (secondary N) is 5. The van der Waals surface area contributed by atoms with Crippen LogP contribution in [0.4, 0.5) is 38.9 Å². The standard InChI is InChI=1S/C26H38N4O2.C19H24N4.C8H8O2.C4H8/c1-7-10-15-32-25(31)29-22-16-20-21(17-23(22)30(8-2)9-3)28-24(27-20)18-11-13-19(14-12-18)26(4,5)6;1-5-23(6-2)18-12-16-15(11-17(18)20-4)21-19(22-16)14-9-7-13(3)8-10-14;9-7-10-6-8-4-2-1-3-5-8;1-4(2)3/h11-14,16-17,24,27-28H,7-10,15H2,1-6H3,(H,29,31);7-12,20H,5-6H2,1-4H3,(H,21,22);1-5,7H,6H2;1H2,2-3H3. The van der Waals surface area contributed by atoms with Gasteiger partial charge in [-0.3, -0.25) is 10.1 Å². The van der Waals surface area contributed by atoms with Crippen LogP contribution in [0.2, 0.25) is 0 Å². The van der Waals surface area contributed by atoms with Gasteiger partial charge in [-0.15, -0.1) is 6.58 Å². The molecule has 1 amide bonds. The minimum absolute atomic E-state index is 0.0182. The predicted octanol–water partition coefficient (Wildman–Crippen LogP) is 14.1. The molecule has 1 aromatic heterocycles. The summed E-state index contributed by atoms with van der Waals surface area (Å²) in [7, 11) is 1.96. The number of anilines is 6. The van der Waals surface area contributed by atoms with E-state index in [4.69, 9.17) is 9.72 Å². The van der Waals surface area contributed by atoms with Gasteiger partial charge >= 0.3 is 6.09 Å². The first-order chi connectivity index (χ1) is 33.1. The summed E-state index contributed by atoms with van der Waals surface area (Å²) in [6.07, 6.45) is 1.43. The number of carbonyl (C=O) groups excluding carboxylic acids is 2. The lowest BCUT2D eigenvalue weighted by Gasteiger charge is -2.25. The van der Waals surface area contributed by atoms with E-state index in [0.717, 1.165) is 95.4 Å². The zero-order chi connectivity index (χ0) is 50.5. The highest BCUT2D eigenvalue weighted by atomic mass is 16.5. The van der Waals surface area contributed by atoms with Gasteiger partial charge < -0.3 is 40.2 Å². The third-order valence-electron chi connectivity index (χ3n) is 11.4. The van der Waals surface area contributed by atoms with Gasteiger partial charge in [0.2, 0.25) is 0 Å². The number of ether oxygens (including phenoxy) is 2. The number of fused-ring (bicyclic) bond motifs is 2. The fourth-order valence-corrected chi connectivity index (χ4v) is 7.52. The van der Waals surface area contributed by atoms with E-state index in [0.29, 0.717) is 19.7 Å². The van der Waals surface area contributed by atoms with Crippen LogP contribution in [-0.4, -0.2) is 62.4 Å². The summed E-state index contributed by atoms with van der Waals surface area (Å²) in [6, 6.07) is 35.2. The van der Waals surface area contributed by atoms with E-state index in [-0.39, 0.29) is 11.6 Å². The lowest BCUT2D eigenvalue weighted by Crippen LogP contribution is -2.24. The van der Waals surface area contributed by atoms with E-state index < -0.39 is 6.09 Å². The van der Waals surface area contributed by atoms with Crippen molar-refractivity contribution in [3.63, 3.8) is 0 Å². The minimum Gasteiger partial charge on any atom is -0.463 e. The number of imidazole rings is 1. The van der Waals surface area contributed by atoms with Crippen LogP contribution in [-0.2, 0) is 26.3 Å². The number of aromatic nitrogens is 2. The van der Waals surface area contributed by atoms with Crippen LogP contribution in [0.25, 0.3) is 22.4 Å². The molecule has 370 valence electrons. The van der Waals surface area contributed by atoms with Crippen LogP contribution in [0.5, 0.6) is 0 Å². The monoisotopic (exact) mass is 939 g/mol. The van der Waals surface area contributed by atoms with E-state index in [2.05, 4.69) is 176 Å². The van der Waals surface area contributed by atoms with Gasteiger partial charge in [-0.2, -0.15) is 0 Å². The van der Waals surface area contributed by atoms with Crippen LogP contribution in [0.3, 0.4) is 0 Å². The summed E-state index contributed by atoms with van der Waals surface area (Å²) in [5.41, 5.74) is 15.3. The highest BCUT2D eigenvalue weighted by molar-refractivity contribution is 5.95. The van der Waals surface area contributed by atoms with Crippen molar-refractivity contribution in [2.24, 2.45) is 0 Å². The second kappa shape index (κ2) is 27.1. The molecule has 0 saturated carbocycles. The first kappa shape index (κ1) is 54.7. The fraction of sp³-hybridized carbons (Fsp3) is 0.386. The van der Waals surface area contributed by atoms with Gasteiger partial charge in [0.15, 0.2) is 0 Å². The third kappa shape index (κ3) is 16.4. The van der Waals surface area contributed by atoms with Crippen molar-refractivity contribution in [1.82, 2.24) is 9.97 Å². The van der Waals surface area contributed by atoms with Gasteiger partial charge in [0, 0.05) is 38.8 Å². The molecule has 12 heteroatoms. The Morgan fingerprint density at radius 3 is 1.91 bits per heavy atom. The average molecular weight is 939 g/mol. The quantitative estimate of drug-likeness (QED) is 0.0362. The molecule has 6 aromatic rings. The van der Waals surface area contributed by atoms with Crippen molar-refractivity contribution < 1.29 is 19.1 Å². The maximum atomic E-state index is 12.3. The van der Waals surface area contributed by atoms with E-state index >= 15 is 0 Å². The predicted molar refractivity (Wildman–Crippen MR) is 292 cm³/mol. The van der Waals surface area contributed by atoms with Crippen LogP contribution in [0.15, 0.2) is 115 Å². The number of unbranched alkanes of at least 4 members (excludes halogenated alkanes) is 1. The molecule has 2 heterocycles. The number of allylic oxidation sites excluding steroid dienone is 1. The highest BCUT2D eigenvalue weighted by Gasteiger charge is 2.25. The van der Waals surface area contributed by atoms with Gasteiger partial charge in [-0.25, -0.2) is 9.78 Å². The Balaban J connectivity index is 0.000000242. The van der Waals surface area contributed by atoms with Crippen molar-refractivity contribution >= 4 is 57.7 Å².